The minimum atomic E-state index is -1.06. The summed E-state index contributed by atoms with van der Waals surface area (Å²) in [6, 6.07) is 7.52. The van der Waals surface area contributed by atoms with Crippen molar-refractivity contribution in [3.05, 3.63) is 53.2 Å². The van der Waals surface area contributed by atoms with Gasteiger partial charge in [0.25, 0.3) is 0 Å². The van der Waals surface area contributed by atoms with Gasteiger partial charge in [-0.3, -0.25) is 4.79 Å². The molecular formula is C17H18FNO4S. The number of furan rings is 1. The Morgan fingerprint density at radius 3 is 2.58 bits per heavy atom. The van der Waals surface area contributed by atoms with Crippen LogP contribution in [0.3, 0.4) is 0 Å². The Balaban J connectivity index is 1.82. The fourth-order valence-corrected chi connectivity index (χ4v) is 2.94. The maximum atomic E-state index is 12.8. The van der Waals surface area contributed by atoms with Gasteiger partial charge >= 0.3 is 5.97 Å². The molecule has 0 spiro atoms. The number of benzene rings is 1. The summed E-state index contributed by atoms with van der Waals surface area (Å²) in [6.07, 6.45) is 0. The summed E-state index contributed by atoms with van der Waals surface area (Å²) in [6.45, 7) is 3.50. The summed E-state index contributed by atoms with van der Waals surface area (Å²) < 4.78 is 18.1. The normalized spacial score (nSPS) is 12.0. The highest BCUT2D eigenvalue weighted by atomic mass is 32.2. The van der Waals surface area contributed by atoms with E-state index >= 15 is 0 Å². The molecule has 2 rings (SSSR count). The van der Waals surface area contributed by atoms with Gasteiger partial charge in [0.05, 0.1) is 6.54 Å². The Hall–Kier alpha value is -2.28. The van der Waals surface area contributed by atoms with E-state index in [9.17, 15) is 14.0 Å². The van der Waals surface area contributed by atoms with E-state index in [-0.39, 0.29) is 29.8 Å². The highest BCUT2D eigenvalue weighted by Gasteiger charge is 2.16. The summed E-state index contributed by atoms with van der Waals surface area (Å²) in [7, 11) is 0. The fourth-order valence-electron chi connectivity index (χ4n) is 2.02. The number of thioether (sulfide) groups is 1. The molecule has 128 valence electrons. The van der Waals surface area contributed by atoms with Crippen molar-refractivity contribution in [2.24, 2.45) is 5.92 Å². The highest BCUT2D eigenvalue weighted by molar-refractivity contribution is 7.99. The van der Waals surface area contributed by atoms with Crippen LogP contribution in [0.1, 0.15) is 28.8 Å². The van der Waals surface area contributed by atoms with Crippen LogP contribution in [0.15, 0.2) is 39.6 Å². The summed E-state index contributed by atoms with van der Waals surface area (Å²) in [5, 5.41) is 11.7. The van der Waals surface area contributed by atoms with Gasteiger partial charge in [-0.25, -0.2) is 9.18 Å². The van der Waals surface area contributed by atoms with E-state index in [1.165, 1.54) is 30.0 Å². The van der Waals surface area contributed by atoms with Gasteiger partial charge in [-0.1, -0.05) is 6.92 Å². The quantitative estimate of drug-likeness (QED) is 0.747. The van der Waals surface area contributed by atoms with Gasteiger partial charge in [-0.15, -0.1) is 11.8 Å². The zero-order valence-corrected chi connectivity index (χ0v) is 14.2. The first kappa shape index (κ1) is 18.1. The van der Waals surface area contributed by atoms with Crippen molar-refractivity contribution in [1.82, 2.24) is 5.32 Å². The van der Waals surface area contributed by atoms with Crippen LogP contribution in [0.5, 0.6) is 0 Å². The third-order valence-electron chi connectivity index (χ3n) is 3.40. The van der Waals surface area contributed by atoms with E-state index < -0.39 is 5.97 Å². The lowest BCUT2D eigenvalue weighted by molar-refractivity contribution is -0.124. The molecule has 5 nitrogen and oxygen atoms in total. The van der Waals surface area contributed by atoms with Gasteiger partial charge in [0.15, 0.2) is 0 Å². The monoisotopic (exact) mass is 351 g/mol. The lowest BCUT2D eigenvalue weighted by Crippen LogP contribution is -2.29. The summed E-state index contributed by atoms with van der Waals surface area (Å²) in [5.41, 5.74) is 0.0964. The topological polar surface area (TPSA) is 79.5 Å². The summed E-state index contributed by atoms with van der Waals surface area (Å²) >= 11 is 1.47. The maximum Gasteiger partial charge on any atom is 0.339 e. The molecule has 1 atom stereocenters. The number of halogens is 1. The fraction of sp³-hybridized carbons (Fsp3) is 0.294. The maximum absolute atomic E-state index is 12.8. The zero-order chi connectivity index (χ0) is 17.7. The number of hydrogen-bond acceptors (Lipinski definition) is 4. The van der Waals surface area contributed by atoms with E-state index in [0.717, 1.165) is 4.90 Å². The first-order valence-corrected chi connectivity index (χ1v) is 8.34. The second kappa shape index (κ2) is 8.01. The number of rotatable bonds is 7. The molecule has 24 heavy (non-hydrogen) atoms. The van der Waals surface area contributed by atoms with Crippen molar-refractivity contribution in [1.29, 1.82) is 0 Å². The zero-order valence-electron chi connectivity index (χ0n) is 13.3. The van der Waals surface area contributed by atoms with E-state index in [1.807, 2.05) is 0 Å². The van der Waals surface area contributed by atoms with Crippen molar-refractivity contribution in [3.63, 3.8) is 0 Å². The number of carboxylic acid groups (broad SMARTS) is 1. The van der Waals surface area contributed by atoms with E-state index in [0.29, 0.717) is 17.3 Å². The van der Waals surface area contributed by atoms with Gasteiger partial charge in [-0.2, -0.15) is 0 Å². The SMILES string of the molecule is Cc1oc(CNC(=O)C(C)CSc2ccc(F)cc2)cc1C(=O)O. The molecule has 1 amide bonds. The second-order valence-electron chi connectivity index (χ2n) is 5.37. The van der Waals surface area contributed by atoms with E-state index in [4.69, 9.17) is 9.52 Å². The minimum Gasteiger partial charge on any atom is -0.478 e. The Bertz CT molecular complexity index is 727. The van der Waals surface area contributed by atoms with Crippen LogP contribution in [0.25, 0.3) is 0 Å². The second-order valence-corrected chi connectivity index (χ2v) is 6.46. The molecule has 2 N–H and O–H groups in total. The van der Waals surface area contributed by atoms with Crippen molar-refractivity contribution in [2.45, 2.75) is 25.3 Å². The summed E-state index contributed by atoms with van der Waals surface area (Å²) in [5.74, 6) is -0.499. The molecular weight excluding hydrogens is 333 g/mol. The third-order valence-corrected chi connectivity index (χ3v) is 4.67. The predicted octanol–water partition coefficient (Wildman–Crippen LogP) is 3.47. The number of nitrogens with one attached hydrogen (secondary N) is 1. The van der Waals surface area contributed by atoms with Gasteiger partial charge in [0.2, 0.25) is 5.91 Å². The molecule has 1 aromatic carbocycles. The average molecular weight is 351 g/mol. The largest absolute Gasteiger partial charge is 0.478 e. The molecule has 0 fully saturated rings. The van der Waals surface area contributed by atoms with Gasteiger partial charge in [-0.05, 0) is 37.3 Å². The molecule has 0 radical (unpaired) electrons. The first-order chi connectivity index (χ1) is 11.4. The lowest BCUT2D eigenvalue weighted by Gasteiger charge is -2.11. The Kier molecular flexibility index (Phi) is 6.03. The standard InChI is InChI=1S/C17H18FNO4S/c1-10(9-24-14-5-3-12(18)4-6-14)16(20)19-8-13-7-15(17(21)22)11(2)23-13/h3-7,10H,8-9H2,1-2H3,(H,19,20)(H,21,22). The van der Waals surface area contributed by atoms with Crippen LogP contribution in [0, 0.1) is 18.7 Å². The Morgan fingerprint density at radius 2 is 2.00 bits per heavy atom. The molecule has 0 bridgehead atoms. The number of amides is 1. The molecule has 0 saturated carbocycles. The van der Waals surface area contributed by atoms with Gasteiger partial charge in [0.1, 0.15) is 22.9 Å². The van der Waals surface area contributed by atoms with Crippen LogP contribution in [-0.4, -0.2) is 22.7 Å². The molecule has 2 aromatic rings. The van der Waals surface area contributed by atoms with Crippen LogP contribution in [0.4, 0.5) is 4.39 Å². The van der Waals surface area contributed by atoms with E-state index in [2.05, 4.69) is 5.32 Å². The number of carboxylic acids is 1. The molecule has 7 heteroatoms. The van der Waals surface area contributed by atoms with Crippen molar-refractivity contribution in [2.75, 3.05) is 5.75 Å². The minimum absolute atomic E-state index is 0.0964. The Labute approximate surface area is 143 Å². The number of carbonyl (C=O) groups excluding carboxylic acids is 1. The lowest BCUT2D eigenvalue weighted by atomic mass is 10.2. The molecule has 0 aliphatic rings. The van der Waals surface area contributed by atoms with Crippen LogP contribution >= 0.6 is 11.8 Å². The van der Waals surface area contributed by atoms with Gasteiger partial charge < -0.3 is 14.8 Å². The molecule has 0 aliphatic carbocycles. The molecule has 1 unspecified atom stereocenters. The molecule has 1 aromatic heterocycles. The highest BCUT2D eigenvalue weighted by Crippen LogP contribution is 2.21. The number of carbonyl (C=O) groups is 2. The smallest absolute Gasteiger partial charge is 0.339 e. The third kappa shape index (κ3) is 4.86. The van der Waals surface area contributed by atoms with Crippen LogP contribution in [-0.2, 0) is 11.3 Å². The van der Waals surface area contributed by atoms with Crippen LogP contribution in [0.2, 0.25) is 0 Å². The number of aromatic carboxylic acids is 1. The molecule has 0 saturated heterocycles. The number of aryl methyl sites for hydroxylation is 1. The van der Waals surface area contributed by atoms with Crippen molar-refractivity contribution >= 4 is 23.6 Å². The predicted molar refractivity (Wildman–Crippen MR) is 88.5 cm³/mol. The molecule has 0 aliphatic heterocycles. The summed E-state index contributed by atoms with van der Waals surface area (Å²) in [4.78, 5) is 23.9. The van der Waals surface area contributed by atoms with Gasteiger partial charge in [0, 0.05) is 16.6 Å². The Morgan fingerprint density at radius 1 is 1.33 bits per heavy atom. The number of hydrogen-bond donors (Lipinski definition) is 2. The van der Waals surface area contributed by atoms with E-state index in [1.54, 1.807) is 26.0 Å². The average Bonchev–Trinajstić information content (AvgIpc) is 2.93. The van der Waals surface area contributed by atoms with Crippen molar-refractivity contribution < 1.29 is 23.5 Å². The first-order valence-electron chi connectivity index (χ1n) is 7.35. The van der Waals surface area contributed by atoms with Crippen LogP contribution < -0.4 is 5.32 Å². The van der Waals surface area contributed by atoms with Crippen molar-refractivity contribution in [3.8, 4) is 0 Å². The molecule has 1 heterocycles.